The van der Waals surface area contributed by atoms with Gasteiger partial charge in [-0.05, 0) is 37.3 Å². The Hall–Kier alpha value is -2.58. The molecule has 0 amide bonds. The first-order chi connectivity index (χ1) is 12.4. The van der Waals surface area contributed by atoms with Crippen LogP contribution in [0.5, 0.6) is 11.5 Å². The number of carbonyl (C=O) groups is 1. The van der Waals surface area contributed by atoms with Crippen LogP contribution in [-0.4, -0.2) is 41.3 Å². The topological polar surface area (TPSA) is 90.9 Å². The lowest BCUT2D eigenvalue weighted by Crippen LogP contribution is -2.36. The van der Waals surface area contributed by atoms with Crippen molar-refractivity contribution in [2.75, 3.05) is 20.8 Å². The minimum atomic E-state index is -3.81. The molecule has 26 heavy (non-hydrogen) atoms. The second-order valence-corrected chi connectivity index (χ2v) is 7.22. The highest BCUT2D eigenvalue weighted by Crippen LogP contribution is 2.25. The molecule has 0 saturated carbocycles. The highest BCUT2D eigenvalue weighted by atomic mass is 32.2. The SMILES string of the molecule is COC(=O)c1cccc(S(=O)(=O)N[C@@H](C)COc2ccccc2OC)c1. The van der Waals surface area contributed by atoms with Gasteiger partial charge >= 0.3 is 5.97 Å². The summed E-state index contributed by atoms with van der Waals surface area (Å²) < 4.78 is 42.9. The molecule has 7 nitrogen and oxygen atoms in total. The van der Waals surface area contributed by atoms with Crippen molar-refractivity contribution in [3.05, 3.63) is 54.1 Å². The van der Waals surface area contributed by atoms with Crippen LogP contribution in [0.15, 0.2) is 53.4 Å². The maximum Gasteiger partial charge on any atom is 0.337 e. The molecule has 2 rings (SSSR count). The van der Waals surface area contributed by atoms with Gasteiger partial charge in [-0.15, -0.1) is 0 Å². The van der Waals surface area contributed by atoms with Crippen molar-refractivity contribution >= 4 is 16.0 Å². The number of sulfonamides is 1. The van der Waals surface area contributed by atoms with Crippen LogP contribution in [0, 0.1) is 0 Å². The maximum absolute atomic E-state index is 12.5. The predicted octanol–water partition coefficient (Wildman–Crippen LogP) is 2.23. The molecule has 0 aliphatic rings. The minimum absolute atomic E-state index is 0.0236. The summed E-state index contributed by atoms with van der Waals surface area (Å²) in [6, 6.07) is 12.2. The van der Waals surface area contributed by atoms with Gasteiger partial charge in [-0.2, -0.15) is 0 Å². The molecule has 1 atom stereocenters. The van der Waals surface area contributed by atoms with Gasteiger partial charge in [-0.3, -0.25) is 0 Å². The molecule has 8 heteroatoms. The fraction of sp³-hybridized carbons (Fsp3) is 0.278. The largest absolute Gasteiger partial charge is 0.493 e. The van der Waals surface area contributed by atoms with E-state index in [-0.39, 0.29) is 17.1 Å². The predicted molar refractivity (Wildman–Crippen MR) is 96.1 cm³/mol. The average molecular weight is 379 g/mol. The summed E-state index contributed by atoms with van der Waals surface area (Å²) in [4.78, 5) is 11.5. The third-order valence-electron chi connectivity index (χ3n) is 3.48. The monoisotopic (exact) mass is 379 g/mol. The summed E-state index contributed by atoms with van der Waals surface area (Å²) in [5.74, 6) is 0.483. The van der Waals surface area contributed by atoms with E-state index in [2.05, 4.69) is 9.46 Å². The highest BCUT2D eigenvalue weighted by molar-refractivity contribution is 7.89. The van der Waals surface area contributed by atoms with E-state index in [1.165, 1.54) is 38.5 Å². The molecule has 1 N–H and O–H groups in total. The summed E-state index contributed by atoms with van der Waals surface area (Å²) in [6.07, 6.45) is 0. The molecular weight excluding hydrogens is 358 g/mol. The number of hydrogen-bond acceptors (Lipinski definition) is 6. The first kappa shape index (κ1) is 19.7. The van der Waals surface area contributed by atoms with Gasteiger partial charge in [-0.1, -0.05) is 18.2 Å². The quantitative estimate of drug-likeness (QED) is 0.708. The Morgan fingerprint density at radius 2 is 1.77 bits per heavy atom. The normalized spacial score (nSPS) is 12.3. The fourth-order valence-electron chi connectivity index (χ4n) is 2.23. The molecular formula is C18H21NO6S. The summed E-state index contributed by atoms with van der Waals surface area (Å²) in [5.41, 5.74) is 0.160. The zero-order chi connectivity index (χ0) is 19.2. The molecule has 0 radical (unpaired) electrons. The molecule has 140 valence electrons. The Labute approximate surface area is 152 Å². The number of esters is 1. The third kappa shape index (κ3) is 4.96. The lowest BCUT2D eigenvalue weighted by atomic mass is 10.2. The van der Waals surface area contributed by atoms with E-state index in [1.54, 1.807) is 25.1 Å². The Kier molecular flexibility index (Phi) is 6.59. The number of benzene rings is 2. The van der Waals surface area contributed by atoms with Crippen molar-refractivity contribution in [1.82, 2.24) is 4.72 Å². The van der Waals surface area contributed by atoms with Crippen LogP contribution in [0.25, 0.3) is 0 Å². The molecule has 2 aromatic carbocycles. The zero-order valence-corrected chi connectivity index (χ0v) is 15.6. The second-order valence-electron chi connectivity index (χ2n) is 5.50. The summed E-state index contributed by atoms with van der Waals surface area (Å²) in [6.45, 7) is 1.79. The van der Waals surface area contributed by atoms with Crippen molar-refractivity contribution in [2.24, 2.45) is 0 Å². The summed E-state index contributed by atoms with van der Waals surface area (Å²) >= 11 is 0. The lowest BCUT2D eigenvalue weighted by Gasteiger charge is -2.16. The van der Waals surface area contributed by atoms with Crippen molar-refractivity contribution < 1.29 is 27.4 Å². The van der Waals surface area contributed by atoms with Crippen LogP contribution < -0.4 is 14.2 Å². The minimum Gasteiger partial charge on any atom is -0.493 e. The van der Waals surface area contributed by atoms with Crippen LogP contribution in [0.2, 0.25) is 0 Å². The summed E-state index contributed by atoms with van der Waals surface area (Å²) in [7, 11) is -1.05. The van der Waals surface area contributed by atoms with Gasteiger partial charge in [0.15, 0.2) is 11.5 Å². The number of methoxy groups -OCH3 is 2. The van der Waals surface area contributed by atoms with E-state index in [4.69, 9.17) is 9.47 Å². The third-order valence-corrected chi connectivity index (χ3v) is 5.07. The number of ether oxygens (including phenoxy) is 3. The maximum atomic E-state index is 12.5. The molecule has 0 heterocycles. The van der Waals surface area contributed by atoms with Gasteiger partial charge in [0.25, 0.3) is 0 Å². The number of hydrogen-bond donors (Lipinski definition) is 1. The number of para-hydroxylation sites is 2. The van der Waals surface area contributed by atoms with Gasteiger partial charge in [0.1, 0.15) is 6.61 Å². The Bertz CT molecular complexity index is 865. The molecule has 0 aliphatic heterocycles. The molecule has 2 aromatic rings. The Balaban J connectivity index is 2.05. The van der Waals surface area contributed by atoms with E-state index >= 15 is 0 Å². The first-order valence-corrected chi connectivity index (χ1v) is 9.32. The lowest BCUT2D eigenvalue weighted by molar-refractivity contribution is 0.0600. The van der Waals surface area contributed by atoms with Gasteiger partial charge in [0.2, 0.25) is 10.0 Å². The molecule has 0 unspecified atom stereocenters. The molecule has 0 saturated heterocycles. The molecule has 0 aromatic heterocycles. The van der Waals surface area contributed by atoms with Gasteiger partial charge in [0.05, 0.1) is 30.7 Å². The Morgan fingerprint density at radius 3 is 2.42 bits per heavy atom. The number of carbonyl (C=O) groups excluding carboxylic acids is 1. The molecule has 0 aliphatic carbocycles. The van der Waals surface area contributed by atoms with Crippen LogP contribution >= 0.6 is 0 Å². The second kappa shape index (κ2) is 8.68. The highest BCUT2D eigenvalue weighted by Gasteiger charge is 2.20. The van der Waals surface area contributed by atoms with Gasteiger partial charge in [0, 0.05) is 0 Å². The van der Waals surface area contributed by atoms with Gasteiger partial charge in [-0.25, -0.2) is 17.9 Å². The van der Waals surface area contributed by atoms with Crippen LogP contribution in [0.3, 0.4) is 0 Å². The van der Waals surface area contributed by atoms with E-state index in [0.29, 0.717) is 11.5 Å². The summed E-state index contributed by atoms with van der Waals surface area (Å²) in [5, 5.41) is 0. The van der Waals surface area contributed by atoms with Crippen LogP contribution in [-0.2, 0) is 14.8 Å². The van der Waals surface area contributed by atoms with E-state index in [1.807, 2.05) is 6.07 Å². The fourth-order valence-corrected chi connectivity index (χ4v) is 3.50. The van der Waals surface area contributed by atoms with Crippen molar-refractivity contribution in [2.45, 2.75) is 17.9 Å². The van der Waals surface area contributed by atoms with Crippen molar-refractivity contribution in [3.63, 3.8) is 0 Å². The van der Waals surface area contributed by atoms with E-state index in [0.717, 1.165) is 0 Å². The van der Waals surface area contributed by atoms with Crippen molar-refractivity contribution in [1.29, 1.82) is 0 Å². The average Bonchev–Trinajstić information content (AvgIpc) is 2.65. The zero-order valence-electron chi connectivity index (χ0n) is 14.8. The molecule has 0 spiro atoms. The van der Waals surface area contributed by atoms with E-state index in [9.17, 15) is 13.2 Å². The van der Waals surface area contributed by atoms with Crippen LogP contribution in [0.4, 0.5) is 0 Å². The van der Waals surface area contributed by atoms with Gasteiger partial charge < -0.3 is 14.2 Å². The first-order valence-electron chi connectivity index (χ1n) is 7.84. The smallest absolute Gasteiger partial charge is 0.337 e. The van der Waals surface area contributed by atoms with Crippen molar-refractivity contribution in [3.8, 4) is 11.5 Å². The number of nitrogens with one attached hydrogen (secondary N) is 1. The number of rotatable bonds is 8. The van der Waals surface area contributed by atoms with E-state index < -0.39 is 22.0 Å². The standard InChI is InChI=1S/C18H21NO6S/c1-13(12-25-17-10-5-4-9-16(17)23-2)19-26(21,22)15-8-6-7-14(11-15)18(20)24-3/h4-11,13,19H,12H2,1-3H3/t13-/m0/s1. The molecule has 0 bridgehead atoms. The molecule has 0 fully saturated rings. The Morgan fingerprint density at radius 1 is 1.08 bits per heavy atom. The van der Waals surface area contributed by atoms with Crippen LogP contribution in [0.1, 0.15) is 17.3 Å².